The molecule has 1 rings (SSSR count). The fraction of sp³-hybridized carbons (Fsp3) is 0.143. The molecule has 1 aromatic carbocycles. The molecular formula is C7H3BrF4O. The highest BCUT2D eigenvalue weighted by Gasteiger charge is 2.24. The van der Waals surface area contributed by atoms with Crippen molar-refractivity contribution in [1.82, 2.24) is 0 Å². The van der Waals surface area contributed by atoms with Gasteiger partial charge in [-0.3, -0.25) is 0 Å². The van der Waals surface area contributed by atoms with Crippen LogP contribution in [0.25, 0.3) is 0 Å². The average molecular weight is 259 g/mol. The molecule has 0 atom stereocenters. The quantitative estimate of drug-likeness (QED) is 0.428. The van der Waals surface area contributed by atoms with Crippen molar-refractivity contribution in [3.63, 3.8) is 0 Å². The van der Waals surface area contributed by atoms with Crippen LogP contribution in [-0.4, -0.2) is 7.11 Å². The van der Waals surface area contributed by atoms with Gasteiger partial charge in [0.15, 0.2) is 17.4 Å². The van der Waals surface area contributed by atoms with Crippen LogP contribution in [0.5, 0.6) is 5.75 Å². The molecule has 6 heteroatoms. The predicted molar refractivity (Wildman–Crippen MR) is 40.5 cm³/mol. The molecule has 72 valence electrons. The Hall–Kier alpha value is -0.780. The highest BCUT2D eigenvalue weighted by Crippen LogP contribution is 2.34. The van der Waals surface area contributed by atoms with Crippen molar-refractivity contribution in [3.05, 3.63) is 27.7 Å². The van der Waals surface area contributed by atoms with E-state index in [-0.39, 0.29) is 0 Å². The molecule has 0 saturated heterocycles. The highest BCUT2D eigenvalue weighted by molar-refractivity contribution is 9.10. The van der Waals surface area contributed by atoms with E-state index >= 15 is 0 Å². The topological polar surface area (TPSA) is 9.23 Å². The molecule has 0 radical (unpaired) electrons. The van der Waals surface area contributed by atoms with Crippen molar-refractivity contribution in [2.45, 2.75) is 0 Å². The minimum atomic E-state index is -1.89. The Morgan fingerprint density at radius 3 is 1.85 bits per heavy atom. The first kappa shape index (κ1) is 10.3. The Balaban J connectivity index is 3.56. The van der Waals surface area contributed by atoms with Crippen LogP contribution < -0.4 is 4.74 Å². The maximum atomic E-state index is 12.8. The van der Waals surface area contributed by atoms with Gasteiger partial charge < -0.3 is 4.74 Å². The van der Waals surface area contributed by atoms with Crippen molar-refractivity contribution in [2.24, 2.45) is 0 Å². The zero-order valence-electron chi connectivity index (χ0n) is 6.30. The Morgan fingerprint density at radius 1 is 0.923 bits per heavy atom. The number of methoxy groups -OCH3 is 1. The standard InChI is InChI=1S/C7H3BrF4O/c1-13-7-2(8)3(9)4(10)5(11)6(7)12/h1H3. The molecule has 1 aromatic rings. The number of ether oxygens (including phenoxy) is 1. The fourth-order valence-corrected chi connectivity index (χ4v) is 1.27. The van der Waals surface area contributed by atoms with Gasteiger partial charge in [0.1, 0.15) is 4.47 Å². The van der Waals surface area contributed by atoms with E-state index in [0.29, 0.717) is 0 Å². The number of hydrogen-bond donors (Lipinski definition) is 0. The molecule has 0 saturated carbocycles. The van der Waals surface area contributed by atoms with Crippen LogP contribution in [0.3, 0.4) is 0 Å². The Morgan fingerprint density at radius 2 is 1.38 bits per heavy atom. The van der Waals surface area contributed by atoms with Gasteiger partial charge in [-0.15, -0.1) is 0 Å². The Kier molecular flexibility index (Phi) is 2.80. The summed E-state index contributed by atoms with van der Waals surface area (Å²) in [6.45, 7) is 0. The number of rotatable bonds is 1. The van der Waals surface area contributed by atoms with Gasteiger partial charge in [0.05, 0.1) is 7.11 Å². The maximum absolute atomic E-state index is 12.8. The highest BCUT2D eigenvalue weighted by atomic mass is 79.9. The lowest BCUT2D eigenvalue weighted by atomic mass is 10.3. The summed E-state index contributed by atoms with van der Waals surface area (Å²) in [5, 5.41) is 0. The Bertz CT molecular complexity index is 324. The van der Waals surface area contributed by atoms with Crippen molar-refractivity contribution in [3.8, 4) is 5.75 Å². The van der Waals surface area contributed by atoms with Gasteiger partial charge in [-0.2, -0.15) is 4.39 Å². The van der Waals surface area contributed by atoms with Crippen molar-refractivity contribution in [2.75, 3.05) is 7.11 Å². The molecule has 0 heterocycles. The summed E-state index contributed by atoms with van der Waals surface area (Å²) < 4.78 is 54.2. The summed E-state index contributed by atoms with van der Waals surface area (Å²) >= 11 is 2.53. The lowest BCUT2D eigenvalue weighted by molar-refractivity contribution is 0.342. The van der Waals surface area contributed by atoms with Gasteiger partial charge in [0, 0.05) is 0 Å². The van der Waals surface area contributed by atoms with E-state index in [4.69, 9.17) is 0 Å². The molecule has 0 aliphatic rings. The molecule has 0 aliphatic carbocycles. The first-order valence-corrected chi connectivity index (χ1v) is 3.85. The van der Waals surface area contributed by atoms with E-state index in [1.165, 1.54) is 0 Å². The molecule has 13 heavy (non-hydrogen) atoms. The number of halogens is 5. The third-order valence-corrected chi connectivity index (χ3v) is 2.08. The summed E-state index contributed by atoms with van der Waals surface area (Å²) in [5.41, 5.74) is 0. The van der Waals surface area contributed by atoms with Crippen LogP contribution in [-0.2, 0) is 0 Å². The molecular weight excluding hydrogens is 256 g/mol. The molecule has 0 fully saturated rings. The molecule has 0 unspecified atom stereocenters. The van der Waals surface area contributed by atoms with E-state index in [0.717, 1.165) is 7.11 Å². The molecule has 0 aromatic heterocycles. The van der Waals surface area contributed by atoms with Crippen LogP contribution >= 0.6 is 15.9 Å². The third kappa shape index (κ3) is 1.50. The van der Waals surface area contributed by atoms with E-state index in [1.54, 1.807) is 0 Å². The normalized spacial score (nSPS) is 10.3. The molecule has 0 bridgehead atoms. The Labute approximate surface area is 79.4 Å². The first-order valence-electron chi connectivity index (χ1n) is 3.06. The second-order valence-electron chi connectivity index (χ2n) is 2.10. The predicted octanol–water partition coefficient (Wildman–Crippen LogP) is 3.01. The van der Waals surface area contributed by atoms with Gasteiger partial charge in [-0.05, 0) is 15.9 Å². The third-order valence-electron chi connectivity index (χ3n) is 1.37. The minimum absolute atomic E-state index is 0.577. The van der Waals surface area contributed by atoms with Crippen molar-refractivity contribution >= 4 is 15.9 Å². The molecule has 1 nitrogen and oxygen atoms in total. The summed E-state index contributed by atoms with van der Waals surface area (Å²) in [5.74, 6) is -7.54. The van der Waals surface area contributed by atoms with Crippen LogP contribution in [0.1, 0.15) is 0 Å². The lowest BCUT2D eigenvalue weighted by Crippen LogP contribution is -2.01. The van der Waals surface area contributed by atoms with Gasteiger partial charge in [-0.25, -0.2) is 13.2 Å². The zero-order chi connectivity index (χ0) is 10.2. The van der Waals surface area contributed by atoms with E-state index in [9.17, 15) is 17.6 Å². The monoisotopic (exact) mass is 258 g/mol. The molecule has 0 amide bonds. The van der Waals surface area contributed by atoms with Crippen molar-refractivity contribution < 1.29 is 22.3 Å². The number of hydrogen-bond acceptors (Lipinski definition) is 1. The molecule has 0 aliphatic heterocycles. The summed E-state index contributed by atoms with van der Waals surface area (Å²) in [7, 11) is 1.01. The van der Waals surface area contributed by atoms with Crippen LogP contribution in [0.4, 0.5) is 17.6 Å². The van der Waals surface area contributed by atoms with Gasteiger partial charge in [-0.1, -0.05) is 0 Å². The second-order valence-corrected chi connectivity index (χ2v) is 2.90. The summed E-state index contributed by atoms with van der Waals surface area (Å²) in [4.78, 5) is 0. The van der Waals surface area contributed by atoms with Crippen LogP contribution in [0.2, 0.25) is 0 Å². The van der Waals surface area contributed by atoms with E-state index in [1.807, 2.05) is 0 Å². The summed E-state index contributed by atoms with van der Waals surface area (Å²) in [6, 6.07) is 0. The summed E-state index contributed by atoms with van der Waals surface area (Å²) in [6.07, 6.45) is 0. The van der Waals surface area contributed by atoms with Gasteiger partial charge in [0.25, 0.3) is 0 Å². The zero-order valence-corrected chi connectivity index (χ0v) is 7.88. The SMILES string of the molecule is COc1c(F)c(F)c(F)c(F)c1Br. The first-order chi connectivity index (χ1) is 6.00. The van der Waals surface area contributed by atoms with Crippen molar-refractivity contribution in [1.29, 1.82) is 0 Å². The van der Waals surface area contributed by atoms with E-state index in [2.05, 4.69) is 20.7 Å². The van der Waals surface area contributed by atoms with Crippen LogP contribution in [0.15, 0.2) is 4.47 Å². The van der Waals surface area contributed by atoms with Gasteiger partial charge in [0.2, 0.25) is 11.6 Å². The maximum Gasteiger partial charge on any atom is 0.205 e. The minimum Gasteiger partial charge on any atom is -0.492 e. The molecule has 0 N–H and O–H groups in total. The smallest absolute Gasteiger partial charge is 0.205 e. The van der Waals surface area contributed by atoms with Gasteiger partial charge >= 0.3 is 0 Å². The largest absolute Gasteiger partial charge is 0.492 e. The number of benzene rings is 1. The second kappa shape index (κ2) is 3.53. The lowest BCUT2D eigenvalue weighted by Gasteiger charge is -2.06. The van der Waals surface area contributed by atoms with E-state index < -0.39 is 33.5 Å². The van der Waals surface area contributed by atoms with Crippen LogP contribution in [0, 0.1) is 23.3 Å². The average Bonchev–Trinajstić information content (AvgIpc) is 2.13. The molecule has 0 spiro atoms. The fourth-order valence-electron chi connectivity index (χ4n) is 0.764.